The van der Waals surface area contributed by atoms with E-state index in [2.05, 4.69) is 10.3 Å². The van der Waals surface area contributed by atoms with Gasteiger partial charge in [0.25, 0.3) is 0 Å². The summed E-state index contributed by atoms with van der Waals surface area (Å²) < 4.78 is 0. The first-order valence-corrected chi connectivity index (χ1v) is 2.89. The zero-order valence-corrected chi connectivity index (χ0v) is 5.96. The third kappa shape index (κ3) is 5.26. The highest BCUT2D eigenvalue weighted by Crippen LogP contribution is 1.67. The molecule has 0 spiro atoms. The van der Waals surface area contributed by atoms with Crippen molar-refractivity contribution >= 4 is 6.34 Å². The number of hydrogen-bond donors (Lipinski definition) is 2. The monoisotopic (exact) mass is 130 g/mol. The molecule has 0 aliphatic heterocycles. The zero-order chi connectivity index (χ0) is 7.11. The van der Waals surface area contributed by atoms with Crippen LogP contribution < -0.4 is 11.2 Å². The molecule has 0 heterocycles. The van der Waals surface area contributed by atoms with Gasteiger partial charge in [-0.05, 0) is 7.05 Å². The van der Waals surface area contributed by atoms with E-state index < -0.39 is 0 Å². The molecule has 0 radical (unpaired) electrons. The summed E-state index contributed by atoms with van der Waals surface area (Å²) in [7, 11) is 3.58. The maximum atomic E-state index is 5.41. The predicted molar refractivity (Wildman–Crippen MR) is 39.2 cm³/mol. The predicted octanol–water partition coefficient (Wildman–Crippen LogP) is -0.960. The minimum Gasteiger partial charge on any atom is -0.318 e. The van der Waals surface area contributed by atoms with Gasteiger partial charge in [0.1, 0.15) is 0 Å². The lowest BCUT2D eigenvalue weighted by Gasteiger charge is -2.10. The Bertz CT molecular complexity index is 81.0. The van der Waals surface area contributed by atoms with Crippen LogP contribution >= 0.6 is 0 Å². The summed E-state index contributed by atoms with van der Waals surface area (Å²) in [6.07, 6.45) is 1.59. The number of nitrogens with zero attached hydrogens (tertiary/aromatic N) is 2. The van der Waals surface area contributed by atoms with Crippen molar-refractivity contribution < 1.29 is 0 Å². The molecule has 9 heavy (non-hydrogen) atoms. The molecule has 4 heteroatoms. The molecule has 0 saturated heterocycles. The van der Waals surface area contributed by atoms with Crippen molar-refractivity contribution in [3.8, 4) is 0 Å². The van der Waals surface area contributed by atoms with E-state index in [4.69, 9.17) is 5.84 Å². The maximum absolute atomic E-state index is 5.41. The molecule has 0 fully saturated rings. The van der Waals surface area contributed by atoms with Crippen LogP contribution in [-0.4, -0.2) is 38.5 Å². The van der Waals surface area contributed by atoms with Crippen LogP contribution in [0.2, 0.25) is 0 Å². The first kappa shape index (κ1) is 8.39. The number of hydrogen-bond acceptors (Lipinski definition) is 3. The normalized spacial score (nSPS) is 10.6. The summed E-state index contributed by atoms with van der Waals surface area (Å²) in [4.78, 5) is 3.74. The second-order valence-corrected chi connectivity index (χ2v) is 1.72. The van der Waals surface area contributed by atoms with E-state index in [-0.39, 0.29) is 0 Å². The van der Waals surface area contributed by atoms with Gasteiger partial charge in [-0.3, -0.25) is 4.99 Å². The van der Waals surface area contributed by atoms with E-state index in [9.17, 15) is 0 Å². The second-order valence-electron chi connectivity index (χ2n) is 1.72. The Morgan fingerprint density at radius 2 is 2.44 bits per heavy atom. The van der Waals surface area contributed by atoms with Gasteiger partial charge < -0.3 is 10.3 Å². The Hall–Kier alpha value is -0.610. The van der Waals surface area contributed by atoms with Crippen LogP contribution in [-0.2, 0) is 0 Å². The molecule has 0 atom stereocenters. The third-order valence-corrected chi connectivity index (χ3v) is 0.884. The van der Waals surface area contributed by atoms with Gasteiger partial charge in [0, 0.05) is 20.1 Å². The SMILES string of the molecule is C/N=C\N(N)CCNC. The molecule has 54 valence electrons. The molecule has 0 aromatic carbocycles. The Kier molecular flexibility index (Phi) is 5.15. The van der Waals surface area contributed by atoms with Crippen molar-refractivity contribution in [3.05, 3.63) is 0 Å². The molecule has 0 amide bonds. The Morgan fingerprint density at radius 1 is 1.78 bits per heavy atom. The highest BCUT2D eigenvalue weighted by molar-refractivity contribution is 5.53. The van der Waals surface area contributed by atoms with Gasteiger partial charge >= 0.3 is 0 Å². The number of likely N-dealkylation sites (N-methyl/N-ethyl adjacent to an activating group) is 1. The summed E-state index contributed by atoms with van der Waals surface area (Å²) in [6, 6.07) is 0. The first-order valence-electron chi connectivity index (χ1n) is 2.89. The average molecular weight is 130 g/mol. The van der Waals surface area contributed by atoms with E-state index in [0.29, 0.717) is 0 Å². The Morgan fingerprint density at radius 3 is 2.89 bits per heavy atom. The number of nitrogens with two attached hydrogens (primary N) is 1. The van der Waals surface area contributed by atoms with Gasteiger partial charge in [0.05, 0.1) is 6.34 Å². The van der Waals surface area contributed by atoms with Crippen LogP contribution in [0, 0.1) is 0 Å². The fourth-order valence-corrected chi connectivity index (χ4v) is 0.447. The average Bonchev–Trinajstić information content (AvgIpc) is 1.85. The lowest BCUT2D eigenvalue weighted by Crippen LogP contribution is -2.35. The summed E-state index contributed by atoms with van der Waals surface area (Å²) >= 11 is 0. The highest BCUT2D eigenvalue weighted by atomic mass is 15.4. The molecule has 0 aromatic rings. The molecule has 0 aliphatic carbocycles. The van der Waals surface area contributed by atoms with E-state index in [1.54, 1.807) is 13.4 Å². The van der Waals surface area contributed by atoms with Gasteiger partial charge in [0.2, 0.25) is 0 Å². The van der Waals surface area contributed by atoms with Crippen molar-refractivity contribution in [2.45, 2.75) is 0 Å². The van der Waals surface area contributed by atoms with E-state index >= 15 is 0 Å². The van der Waals surface area contributed by atoms with Crippen LogP contribution in [0.15, 0.2) is 4.99 Å². The molecule has 0 rings (SSSR count). The van der Waals surface area contributed by atoms with Gasteiger partial charge in [-0.25, -0.2) is 5.84 Å². The number of hydrazine groups is 1. The highest BCUT2D eigenvalue weighted by Gasteiger charge is 1.86. The fourth-order valence-electron chi connectivity index (χ4n) is 0.447. The zero-order valence-electron chi connectivity index (χ0n) is 5.96. The Labute approximate surface area is 55.7 Å². The smallest absolute Gasteiger partial charge is 0.0987 e. The van der Waals surface area contributed by atoms with Gasteiger partial charge in [-0.2, -0.15) is 0 Å². The quantitative estimate of drug-likeness (QED) is 0.223. The van der Waals surface area contributed by atoms with Crippen molar-refractivity contribution in [3.63, 3.8) is 0 Å². The lowest BCUT2D eigenvalue weighted by atomic mass is 10.6. The van der Waals surface area contributed by atoms with Crippen LogP contribution in [0.25, 0.3) is 0 Å². The van der Waals surface area contributed by atoms with E-state index in [1.807, 2.05) is 7.05 Å². The minimum absolute atomic E-state index is 0.786. The van der Waals surface area contributed by atoms with Crippen LogP contribution in [0.3, 0.4) is 0 Å². The Balaban J connectivity index is 3.15. The molecule has 0 unspecified atom stereocenters. The molecule has 0 aliphatic rings. The van der Waals surface area contributed by atoms with Crippen molar-refractivity contribution in [2.75, 3.05) is 27.2 Å². The second kappa shape index (κ2) is 5.53. The summed E-state index contributed by atoms with van der Waals surface area (Å²) in [5, 5.41) is 4.51. The summed E-state index contributed by atoms with van der Waals surface area (Å²) in [5.74, 6) is 5.41. The first-order chi connectivity index (χ1) is 4.31. The fraction of sp³-hybridized carbons (Fsp3) is 0.800. The number of aliphatic imine (C=N–C) groups is 1. The van der Waals surface area contributed by atoms with Crippen LogP contribution in [0.1, 0.15) is 0 Å². The van der Waals surface area contributed by atoms with Gasteiger partial charge in [-0.15, -0.1) is 0 Å². The van der Waals surface area contributed by atoms with Gasteiger partial charge in [-0.1, -0.05) is 0 Å². The van der Waals surface area contributed by atoms with E-state index in [1.165, 1.54) is 5.01 Å². The van der Waals surface area contributed by atoms with E-state index in [0.717, 1.165) is 13.1 Å². The molecular formula is C5H14N4. The van der Waals surface area contributed by atoms with Gasteiger partial charge in [0.15, 0.2) is 0 Å². The molecule has 0 bridgehead atoms. The summed E-state index contributed by atoms with van der Waals surface area (Å²) in [5.41, 5.74) is 0. The number of rotatable bonds is 4. The molecule has 4 nitrogen and oxygen atoms in total. The molecular weight excluding hydrogens is 116 g/mol. The van der Waals surface area contributed by atoms with Crippen molar-refractivity contribution in [1.29, 1.82) is 0 Å². The maximum Gasteiger partial charge on any atom is 0.0987 e. The van der Waals surface area contributed by atoms with Crippen molar-refractivity contribution in [1.82, 2.24) is 10.3 Å². The van der Waals surface area contributed by atoms with Crippen LogP contribution in [0.5, 0.6) is 0 Å². The third-order valence-electron chi connectivity index (χ3n) is 0.884. The summed E-state index contributed by atoms with van der Waals surface area (Å²) in [6.45, 7) is 1.66. The molecule has 0 aromatic heterocycles. The molecule has 3 N–H and O–H groups in total. The topological polar surface area (TPSA) is 53.6 Å². The standard InChI is InChI=1S/C5H14N4/c1-7-3-4-9(6)5-8-2/h5,7H,3-4,6H2,1-2H3/b8-5-. The van der Waals surface area contributed by atoms with Crippen LogP contribution in [0.4, 0.5) is 0 Å². The largest absolute Gasteiger partial charge is 0.318 e. The minimum atomic E-state index is 0.786. The van der Waals surface area contributed by atoms with Crippen molar-refractivity contribution in [2.24, 2.45) is 10.8 Å². The molecule has 0 saturated carbocycles. The lowest BCUT2D eigenvalue weighted by molar-refractivity contribution is 0.448. The number of nitrogens with one attached hydrogen (secondary N) is 1.